The lowest BCUT2D eigenvalue weighted by molar-refractivity contribution is 0.0968. The quantitative estimate of drug-likeness (QED) is 0.925. The van der Waals surface area contributed by atoms with E-state index in [1.54, 1.807) is 7.11 Å². The fraction of sp³-hybridized carbons (Fsp3) is 0.562. The Hall–Kier alpha value is -1.95. The number of methoxy groups -OCH3 is 1. The van der Waals surface area contributed by atoms with Gasteiger partial charge in [0, 0.05) is 13.2 Å². The largest absolute Gasteiger partial charge is 0.493 e. The molecule has 2 heterocycles. The molecule has 6 nitrogen and oxygen atoms in total. The fourth-order valence-corrected chi connectivity index (χ4v) is 2.13. The summed E-state index contributed by atoms with van der Waals surface area (Å²) in [5, 5.41) is 2.56. The zero-order chi connectivity index (χ0) is 15.6. The van der Waals surface area contributed by atoms with Crippen molar-refractivity contribution >= 4 is 6.09 Å². The zero-order valence-corrected chi connectivity index (χ0v) is 12.9. The average Bonchev–Trinajstić information content (AvgIpc) is 3.01. The molecule has 1 unspecified atom stereocenters. The number of alkyl carbamates (subject to hydrolysis) is 1. The second-order valence-corrected chi connectivity index (χ2v) is 5.04. The molecule has 0 saturated carbocycles. The number of carbonyl (C=O) groups excluding carboxylic acids is 1. The minimum atomic E-state index is -0.395. The highest BCUT2D eigenvalue weighted by Crippen LogP contribution is 2.26. The Morgan fingerprint density at radius 2 is 1.91 bits per heavy atom. The van der Waals surface area contributed by atoms with Crippen LogP contribution < -0.4 is 14.8 Å². The molecule has 3 rings (SSSR count). The number of cyclic esters (lactones) is 1. The summed E-state index contributed by atoms with van der Waals surface area (Å²) >= 11 is 0. The predicted molar refractivity (Wildman–Crippen MR) is 81.4 cm³/mol. The number of amides is 1. The van der Waals surface area contributed by atoms with Crippen LogP contribution in [0.15, 0.2) is 24.3 Å². The summed E-state index contributed by atoms with van der Waals surface area (Å²) < 4.78 is 20.7. The number of ether oxygens (including phenoxy) is 4. The van der Waals surface area contributed by atoms with Gasteiger partial charge in [-0.05, 0) is 31.4 Å². The first kappa shape index (κ1) is 16.4. The molecule has 122 valence electrons. The summed E-state index contributed by atoms with van der Waals surface area (Å²) in [5.41, 5.74) is 0. The third kappa shape index (κ3) is 5.44. The second-order valence-electron chi connectivity index (χ2n) is 5.04. The van der Waals surface area contributed by atoms with Crippen molar-refractivity contribution in [2.24, 2.45) is 0 Å². The average molecular weight is 309 g/mol. The normalized spacial score (nSPS) is 20.2. The molecular formula is C16H23NO5. The third-order valence-corrected chi connectivity index (χ3v) is 3.32. The Labute approximate surface area is 130 Å². The molecule has 1 aromatic rings. The van der Waals surface area contributed by atoms with Crippen molar-refractivity contribution in [3.05, 3.63) is 24.3 Å². The van der Waals surface area contributed by atoms with Gasteiger partial charge in [0.25, 0.3) is 0 Å². The molecule has 1 N–H and O–H groups in total. The van der Waals surface area contributed by atoms with E-state index in [1.165, 1.54) is 19.3 Å². The summed E-state index contributed by atoms with van der Waals surface area (Å²) in [6.07, 6.45) is 3.30. The number of benzene rings is 1. The Morgan fingerprint density at radius 1 is 1.18 bits per heavy atom. The summed E-state index contributed by atoms with van der Waals surface area (Å²) in [6.45, 7) is 2.80. The van der Waals surface area contributed by atoms with Crippen LogP contribution in [0.3, 0.4) is 0 Å². The van der Waals surface area contributed by atoms with Gasteiger partial charge in [0.05, 0.1) is 13.7 Å². The number of hydrogen-bond donors (Lipinski definition) is 1. The molecule has 2 aliphatic rings. The predicted octanol–water partition coefficient (Wildman–Crippen LogP) is 2.37. The Morgan fingerprint density at radius 3 is 2.41 bits per heavy atom. The maximum atomic E-state index is 10.8. The van der Waals surface area contributed by atoms with Gasteiger partial charge in [0.2, 0.25) is 0 Å². The highest BCUT2D eigenvalue weighted by Gasteiger charge is 2.23. The molecule has 2 aliphatic heterocycles. The van der Waals surface area contributed by atoms with Gasteiger partial charge in [-0.2, -0.15) is 0 Å². The maximum Gasteiger partial charge on any atom is 0.407 e. The van der Waals surface area contributed by atoms with Gasteiger partial charge in [-0.3, -0.25) is 0 Å². The van der Waals surface area contributed by atoms with E-state index < -0.39 is 6.09 Å². The van der Waals surface area contributed by atoms with Crippen LogP contribution in [0.2, 0.25) is 0 Å². The van der Waals surface area contributed by atoms with Crippen LogP contribution in [0.1, 0.15) is 19.3 Å². The van der Waals surface area contributed by atoms with Crippen LogP contribution >= 0.6 is 0 Å². The summed E-state index contributed by atoms with van der Waals surface area (Å²) in [7, 11) is 1.58. The third-order valence-electron chi connectivity index (χ3n) is 3.32. The Bertz CT molecular complexity index is 450. The number of rotatable bonds is 4. The van der Waals surface area contributed by atoms with Crippen molar-refractivity contribution in [3.8, 4) is 11.5 Å². The van der Waals surface area contributed by atoms with Crippen LogP contribution in [-0.2, 0) is 9.47 Å². The molecule has 1 atom stereocenters. The van der Waals surface area contributed by atoms with Gasteiger partial charge in [-0.25, -0.2) is 4.79 Å². The Balaban J connectivity index is 0.000000246. The summed E-state index contributed by atoms with van der Waals surface area (Å²) in [5.74, 6) is 1.31. The minimum absolute atomic E-state index is 0.239. The van der Waals surface area contributed by atoms with Crippen LogP contribution in [0, 0.1) is 0 Å². The molecule has 2 saturated heterocycles. The van der Waals surface area contributed by atoms with E-state index in [1.807, 2.05) is 24.3 Å². The molecule has 0 radical (unpaired) electrons. The van der Waals surface area contributed by atoms with Crippen LogP contribution in [0.25, 0.3) is 0 Å². The molecule has 1 amide bonds. The lowest BCUT2D eigenvalue weighted by Gasteiger charge is -2.12. The van der Waals surface area contributed by atoms with Crippen molar-refractivity contribution in [1.82, 2.24) is 5.32 Å². The Kier molecular flexibility index (Phi) is 6.83. The van der Waals surface area contributed by atoms with E-state index in [4.69, 9.17) is 18.9 Å². The van der Waals surface area contributed by atoms with Crippen molar-refractivity contribution in [2.45, 2.75) is 25.4 Å². The summed E-state index contributed by atoms with van der Waals surface area (Å²) in [6, 6.07) is 7.34. The molecule has 0 aliphatic carbocycles. The summed E-state index contributed by atoms with van der Waals surface area (Å²) in [4.78, 5) is 10.8. The topological polar surface area (TPSA) is 66.0 Å². The molecule has 0 spiro atoms. The highest BCUT2D eigenvalue weighted by molar-refractivity contribution is 5.69. The van der Waals surface area contributed by atoms with Gasteiger partial charge in [-0.1, -0.05) is 12.1 Å². The van der Waals surface area contributed by atoms with E-state index in [9.17, 15) is 4.79 Å². The first-order valence-corrected chi connectivity index (χ1v) is 7.57. The molecular weight excluding hydrogens is 286 g/mol. The molecule has 2 fully saturated rings. The van der Waals surface area contributed by atoms with E-state index >= 15 is 0 Å². The van der Waals surface area contributed by atoms with Gasteiger partial charge in [-0.15, -0.1) is 0 Å². The van der Waals surface area contributed by atoms with Crippen LogP contribution in [-0.4, -0.2) is 45.7 Å². The monoisotopic (exact) mass is 309 g/mol. The van der Waals surface area contributed by atoms with Gasteiger partial charge in [0.15, 0.2) is 17.6 Å². The van der Waals surface area contributed by atoms with Crippen molar-refractivity contribution in [1.29, 1.82) is 0 Å². The lowest BCUT2D eigenvalue weighted by Crippen LogP contribution is -2.22. The molecule has 0 bridgehead atoms. The van der Waals surface area contributed by atoms with E-state index in [2.05, 4.69) is 5.32 Å². The first-order chi connectivity index (χ1) is 10.8. The van der Waals surface area contributed by atoms with E-state index in [0.29, 0.717) is 24.7 Å². The minimum Gasteiger partial charge on any atom is -0.493 e. The van der Waals surface area contributed by atoms with E-state index in [0.717, 1.165) is 13.2 Å². The molecule has 22 heavy (non-hydrogen) atoms. The SMILES string of the molecule is C1CCOCC1.COc1ccccc1OCC1CNC(=O)O1. The first-order valence-electron chi connectivity index (χ1n) is 7.57. The van der Waals surface area contributed by atoms with Gasteiger partial charge < -0.3 is 24.3 Å². The number of para-hydroxylation sites is 2. The number of carbonyl (C=O) groups is 1. The molecule has 1 aromatic carbocycles. The standard InChI is InChI=1S/C11H13NO4.C5H10O/c1-14-9-4-2-3-5-10(9)15-7-8-6-12-11(13)16-8;1-2-4-6-5-3-1/h2-5,8H,6-7H2,1H3,(H,12,13);1-5H2. The number of nitrogens with one attached hydrogen (secondary N) is 1. The van der Waals surface area contributed by atoms with Crippen molar-refractivity contribution in [3.63, 3.8) is 0 Å². The van der Waals surface area contributed by atoms with E-state index in [-0.39, 0.29) is 6.10 Å². The smallest absolute Gasteiger partial charge is 0.407 e. The van der Waals surface area contributed by atoms with Crippen LogP contribution in [0.4, 0.5) is 4.79 Å². The van der Waals surface area contributed by atoms with Crippen molar-refractivity contribution in [2.75, 3.05) is 33.5 Å². The number of hydrogen-bond acceptors (Lipinski definition) is 5. The molecule has 0 aromatic heterocycles. The van der Waals surface area contributed by atoms with Gasteiger partial charge >= 0.3 is 6.09 Å². The second kappa shape index (κ2) is 9.15. The maximum absolute atomic E-state index is 10.8. The van der Waals surface area contributed by atoms with Crippen LogP contribution in [0.5, 0.6) is 11.5 Å². The van der Waals surface area contributed by atoms with Gasteiger partial charge in [0.1, 0.15) is 6.61 Å². The van der Waals surface area contributed by atoms with Crippen molar-refractivity contribution < 1.29 is 23.7 Å². The highest BCUT2D eigenvalue weighted by atomic mass is 16.6. The zero-order valence-electron chi connectivity index (χ0n) is 12.9. The lowest BCUT2D eigenvalue weighted by atomic mass is 10.2. The fourth-order valence-electron chi connectivity index (χ4n) is 2.13. The molecule has 6 heteroatoms.